The third kappa shape index (κ3) is 1.91. The molecule has 0 unspecified atom stereocenters. The summed E-state index contributed by atoms with van der Waals surface area (Å²) in [5.74, 6) is 0.819. The second-order valence-corrected chi connectivity index (χ2v) is 7.21. The van der Waals surface area contributed by atoms with Crippen LogP contribution in [0.15, 0.2) is 17.5 Å². The van der Waals surface area contributed by atoms with E-state index in [0.29, 0.717) is 0 Å². The zero-order valence-electron chi connectivity index (χ0n) is 13.4. The monoisotopic (exact) mass is 327 g/mol. The van der Waals surface area contributed by atoms with Gasteiger partial charge in [-0.2, -0.15) is 0 Å². The molecule has 5 nitrogen and oxygen atoms in total. The molecule has 0 atom stereocenters. The molecule has 3 aromatic rings. The number of fused-ring (bicyclic) bond motifs is 2. The van der Waals surface area contributed by atoms with Crippen molar-refractivity contribution in [3.05, 3.63) is 28.6 Å². The predicted octanol–water partition coefficient (Wildman–Crippen LogP) is 3.84. The zero-order valence-corrected chi connectivity index (χ0v) is 14.2. The van der Waals surface area contributed by atoms with Gasteiger partial charge in [0.25, 0.3) is 0 Å². The Hall–Kier alpha value is -2.34. The van der Waals surface area contributed by atoms with Gasteiger partial charge in [-0.05, 0) is 49.4 Å². The van der Waals surface area contributed by atoms with Gasteiger partial charge in [0.2, 0.25) is 5.91 Å². The van der Waals surface area contributed by atoms with E-state index in [9.17, 15) is 4.79 Å². The van der Waals surface area contributed by atoms with Crippen molar-refractivity contribution in [3.63, 3.8) is 0 Å². The second-order valence-electron chi connectivity index (χ2n) is 6.36. The fourth-order valence-corrected chi connectivity index (χ4v) is 3.92. The van der Waals surface area contributed by atoms with Crippen molar-refractivity contribution in [2.24, 2.45) is 0 Å². The largest absolute Gasteiger partial charge is 0.487 e. The van der Waals surface area contributed by atoms with Crippen molar-refractivity contribution in [3.8, 4) is 16.5 Å². The lowest BCUT2D eigenvalue weighted by Crippen LogP contribution is -2.26. The highest BCUT2D eigenvalue weighted by Crippen LogP contribution is 2.41. The first kappa shape index (κ1) is 14.3. The van der Waals surface area contributed by atoms with Crippen LogP contribution in [0.3, 0.4) is 0 Å². The van der Waals surface area contributed by atoms with E-state index in [0.717, 1.165) is 44.3 Å². The number of benzene rings is 1. The van der Waals surface area contributed by atoms with Gasteiger partial charge >= 0.3 is 0 Å². The molecule has 0 spiro atoms. The molecule has 23 heavy (non-hydrogen) atoms. The molecule has 4 rings (SSSR count). The molecule has 6 heteroatoms. The van der Waals surface area contributed by atoms with E-state index in [1.807, 2.05) is 32.9 Å². The summed E-state index contributed by atoms with van der Waals surface area (Å²) in [6.45, 7) is 5.91. The highest BCUT2D eigenvalue weighted by Gasteiger charge is 2.38. The number of carbonyl (C=O) groups excluding carboxylic acids is 1. The highest BCUT2D eigenvalue weighted by atomic mass is 32.1. The van der Waals surface area contributed by atoms with Gasteiger partial charge in [-0.1, -0.05) is 0 Å². The Bertz CT molecular complexity index is 952. The van der Waals surface area contributed by atoms with Gasteiger partial charge in [0.1, 0.15) is 5.82 Å². The Morgan fingerprint density at radius 3 is 2.83 bits per heavy atom. The molecule has 118 valence electrons. The summed E-state index contributed by atoms with van der Waals surface area (Å²) in [4.78, 5) is 20.1. The van der Waals surface area contributed by atoms with Crippen molar-refractivity contribution in [2.75, 3.05) is 12.4 Å². The summed E-state index contributed by atoms with van der Waals surface area (Å²) in [5.41, 5.74) is 5.22. The highest BCUT2D eigenvalue weighted by molar-refractivity contribution is 7.12. The van der Waals surface area contributed by atoms with E-state index < -0.39 is 5.41 Å². The number of hydrogen-bond acceptors (Lipinski definition) is 4. The molecule has 0 radical (unpaired) electrons. The minimum atomic E-state index is -0.523. The van der Waals surface area contributed by atoms with Crippen LogP contribution in [-0.2, 0) is 10.2 Å². The summed E-state index contributed by atoms with van der Waals surface area (Å²) in [6, 6.07) is 3.96. The maximum absolute atomic E-state index is 12.1. The molecule has 1 amide bonds. The lowest BCUT2D eigenvalue weighted by atomic mass is 9.86. The van der Waals surface area contributed by atoms with E-state index in [2.05, 4.69) is 15.7 Å². The Labute approximate surface area is 137 Å². The maximum Gasteiger partial charge on any atom is 0.234 e. The third-order valence-corrected chi connectivity index (χ3v) is 5.53. The summed E-state index contributed by atoms with van der Waals surface area (Å²) >= 11 is 1.56. The van der Waals surface area contributed by atoms with Crippen LogP contribution in [-0.4, -0.2) is 23.0 Å². The summed E-state index contributed by atoms with van der Waals surface area (Å²) < 4.78 is 5.45. The lowest BCUT2D eigenvalue weighted by molar-refractivity contribution is -0.119. The molecule has 0 saturated heterocycles. The number of thiophene rings is 1. The van der Waals surface area contributed by atoms with Crippen molar-refractivity contribution < 1.29 is 9.53 Å². The number of hydrogen-bond donors (Lipinski definition) is 2. The van der Waals surface area contributed by atoms with Crippen molar-refractivity contribution in [1.29, 1.82) is 0 Å². The topological polar surface area (TPSA) is 67.0 Å². The van der Waals surface area contributed by atoms with E-state index >= 15 is 0 Å². The van der Waals surface area contributed by atoms with Crippen molar-refractivity contribution in [2.45, 2.75) is 26.2 Å². The third-order valence-electron chi connectivity index (χ3n) is 4.47. The molecule has 1 aromatic carbocycles. The molecular formula is C17H17N3O2S. The zero-order chi connectivity index (χ0) is 16.4. The van der Waals surface area contributed by atoms with Crippen LogP contribution in [0.2, 0.25) is 0 Å². The van der Waals surface area contributed by atoms with E-state index in [1.165, 1.54) is 0 Å². The Morgan fingerprint density at radius 2 is 2.09 bits per heavy atom. The number of aromatic amines is 1. The van der Waals surface area contributed by atoms with Gasteiger partial charge in [0, 0.05) is 5.69 Å². The number of amides is 1. The van der Waals surface area contributed by atoms with Crippen LogP contribution in [0.1, 0.15) is 25.0 Å². The molecule has 0 saturated carbocycles. The number of methoxy groups -OCH3 is 1. The van der Waals surface area contributed by atoms with Crippen molar-refractivity contribution >= 4 is 34.0 Å². The number of imidazole rings is 1. The molecular weight excluding hydrogens is 310 g/mol. The SMILES string of the molecule is COc1scc(C)c1-c1nc2cc3c(cc2[nH]1)C(C)(C)C(=O)N3. The fraction of sp³-hybridized carbons (Fsp3) is 0.294. The van der Waals surface area contributed by atoms with Gasteiger partial charge in [-0.15, -0.1) is 11.3 Å². The minimum Gasteiger partial charge on any atom is -0.487 e. The number of nitrogens with one attached hydrogen (secondary N) is 2. The first-order valence-corrected chi connectivity index (χ1v) is 8.28. The average Bonchev–Trinajstić information content (AvgIpc) is 3.13. The van der Waals surface area contributed by atoms with Crippen LogP contribution < -0.4 is 10.1 Å². The standard InChI is InChI=1S/C17H17N3O2S/c1-8-7-23-15(22-4)13(8)14-18-11-5-9-10(6-12(11)19-14)20-16(21)17(9,2)3/h5-7H,1-4H3,(H,18,19)(H,20,21). The number of H-pyrrole nitrogens is 1. The smallest absolute Gasteiger partial charge is 0.234 e. The molecule has 0 fully saturated rings. The molecule has 0 aliphatic carbocycles. The normalized spacial score (nSPS) is 15.7. The number of rotatable bonds is 2. The van der Waals surface area contributed by atoms with E-state index in [-0.39, 0.29) is 5.91 Å². The van der Waals surface area contributed by atoms with Crippen LogP contribution in [0.25, 0.3) is 22.4 Å². The fourth-order valence-electron chi connectivity index (χ4n) is 3.05. The van der Waals surface area contributed by atoms with Gasteiger partial charge in [0.05, 0.1) is 29.1 Å². The van der Waals surface area contributed by atoms with Crippen LogP contribution in [0, 0.1) is 6.92 Å². The van der Waals surface area contributed by atoms with Gasteiger partial charge in [-0.25, -0.2) is 4.98 Å². The lowest BCUT2D eigenvalue weighted by Gasteiger charge is -2.14. The first-order valence-electron chi connectivity index (χ1n) is 7.40. The first-order chi connectivity index (χ1) is 10.9. The number of aryl methyl sites for hydroxylation is 1. The molecule has 0 bridgehead atoms. The molecule has 3 heterocycles. The summed E-state index contributed by atoms with van der Waals surface area (Å²) in [7, 11) is 1.67. The molecule has 2 N–H and O–H groups in total. The quantitative estimate of drug-likeness (QED) is 0.751. The molecule has 1 aliphatic rings. The van der Waals surface area contributed by atoms with E-state index in [4.69, 9.17) is 9.72 Å². The number of nitrogens with zero attached hydrogens (tertiary/aromatic N) is 1. The van der Waals surface area contributed by atoms with Gasteiger partial charge in [0.15, 0.2) is 5.06 Å². The number of carbonyl (C=O) groups is 1. The van der Waals surface area contributed by atoms with Gasteiger partial charge in [-0.3, -0.25) is 4.79 Å². The Balaban J connectivity index is 1.91. The number of ether oxygens (including phenoxy) is 1. The van der Waals surface area contributed by atoms with Crippen LogP contribution in [0.4, 0.5) is 5.69 Å². The molecule has 2 aromatic heterocycles. The van der Waals surface area contributed by atoms with Crippen LogP contribution >= 0.6 is 11.3 Å². The number of aromatic nitrogens is 2. The van der Waals surface area contributed by atoms with E-state index in [1.54, 1.807) is 18.4 Å². The minimum absolute atomic E-state index is 0.0238. The second kappa shape index (κ2) is 4.58. The van der Waals surface area contributed by atoms with Gasteiger partial charge < -0.3 is 15.0 Å². The Kier molecular flexibility index (Phi) is 2.84. The van der Waals surface area contributed by atoms with Crippen LogP contribution in [0.5, 0.6) is 5.06 Å². The maximum atomic E-state index is 12.1. The summed E-state index contributed by atoms with van der Waals surface area (Å²) in [6.07, 6.45) is 0. The summed E-state index contributed by atoms with van der Waals surface area (Å²) in [5, 5.41) is 5.85. The molecule has 1 aliphatic heterocycles. The Morgan fingerprint density at radius 1 is 1.30 bits per heavy atom. The van der Waals surface area contributed by atoms with Crippen molar-refractivity contribution in [1.82, 2.24) is 9.97 Å². The number of anilines is 1. The predicted molar refractivity (Wildman–Crippen MR) is 92.4 cm³/mol. The average molecular weight is 327 g/mol.